The van der Waals surface area contributed by atoms with Gasteiger partial charge in [-0.3, -0.25) is 0 Å². The average Bonchev–Trinajstić information content (AvgIpc) is 2.63. The maximum absolute atomic E-state index is 5.81. The lowest BCUT2D eigenvalue weighted by Gasteiger charge is -2.15. The molecular weight excluding hydrogens is 230 g/mol. The first-order valence-corrected chi connectivity index (χ1v) is 7.57. The number of rotatable bonds is 4. The molecule has 0 amide bonds. The molecule has 4 heteroatoms. The van der Waals surface area contributed by atoms with Crippen molar-refractivity contribution in [3.8, 4) is 0 Å². The van der Waals surface area contributed by atoms with Crippen molar-refractivity contribution < 1.29 is 0 Å². The molecule has 0 saturated heterocycles. The van der Waals surface area contributed by atoms with Crippen LogP contribution in [0, 0.1) is 0 Å². The van der Waals surface area contributed by atoms with Crippen LogP contribution in [-0.2, 0) is 6.54 Å². The number of hydrogen-bond acceptors (Lipinski definition) is 4. The molecule has 1 atom stereocenters. The molecule has 0 aromatic carbocycles. The van der Waals surface area contributed by atoms with Gasteiger partial charge < -0.3 is 11.1 Å². The third-order valence-corrected chi connectivity index (χ3v) is 4.48. The summed E-state index contributed by atoms with van der Waals surface area (Å²) in [5, 5.41) is 6.80. The number of thiazole rings is 1. The van der Waals surface area contributed by atoms with Crippen LogP contribution in [0.3, 0.4) is 0 Å². The standard InChI is InChI=1S/C13H23N3S/c1-10(14)13-16-12(9-17-13)8-15-11-6-4-2-3-5-7-11/h9-11,15H,2-8,14H2,1H3. The molecule has 2 rings (SSSR count). The number of hydrogen-bond donors (Lipinski definition) is 2. The molecule has 1 aromatic heterocycles. The SMILES string of the molecule is CC(N)c1nc(CNC2CCCCCC2)cs1. The van der Waals surface area contributed by atoms with E-state index < -0.39 is 0 Å². The first kappa shape index (κ1) is 13.0. The highest BCUT2D eigenvalue weighted by atomic mass is 32.1. The van der Waals surface area contributed by atoms with Gasteiger partial charge in [0, 0.05) is 18.0 Å². The van der Waals surface area contributed by atoms with Crippen LogP contribution in [0.5, 0.6) is 0 Å². The second-order valence-electron chi connectivity index (χ2n) is 5.04. The molecule has 0 radical (unpaired) electrons. The minimum absolute atomic E-state index is 0.0617. The van der Waals surface area contributed by atoms with Crippen molar-refractivity contribution in [3.05, 3.63) is 16.1 Å². The highest BCUT2D eigenvalue weighted by Crippen LogP contribution is 2.19. The molecule has 1 aromatic rings. The van der Waals surface area contributed by atoms with E-state index in [-0.39, 0.29) is 6.04 Å². The fourth-order valence-electron chi connectivity index (χ4n) is 2.35. The summed E-state index contributed by atoms with van der Waals surface area (Å²) >= 11 is 1.67. The Balaban J connectivity index is 1.79. The van der Waals surface area contributed by atoms with Crippen LogP contribution in [0.1, 0.15) is 62.2 Å². The van der Waals surface area contributed by atoms with Gasteiger partial charge in [-0.25, -0.2) is 4.98 Å². The van der Waals surface area contributed by atoms with E-state index in [0.717, 1.165) is 17.2 Å². The number of nitrogens with two attached hydrogens (primary N) is 1. The molecular formula is C13H23N3S. The van der Waals surface area contributed by atoms with Crippen molar-refractivity contribution in [2.75, 3.05) is 0 Å². The first-order chi connectivity index (χ1) is 8.25. The second-order valence-corrected chi connectivity index (χ2v) is 5.92. The third-order valence-electron chi connectivity index (χ3n) is 3.39. The van der Waals surface area contributed by atoms with Crippen molar-refractivity contribution in [1.29, 1.82) is 0 Å². The monoisotopic (exact) mass is 253 g/mol. The summed E-state index contributed by atoms with van der Waals surface area (Å²) in [6.07, 6.45) is 8.21. The Hall–Kier alpha value is -0.450. The average molecular weight is 253 g/mol. The van der Waals surface area contributed by atoms with Crippen molar-refractivity contribution in [2.45, 2.75) is 64.1 Å². The largest absolute Gasteiger partial charge is 0.322 e. The van der Waals surface area contributed by atoms with Gasteiger partial charge in [0.15, 0.2) is 0 Å². The van der Waals surface area contributed by atoms with Crippen molar-refractivity contribution in [2.24, 2.45) is 5.73 Å². The van der Waals surface area contributed by atoms with Crippen LogP contribution in [0.4, 0.5) is 0 Å². The third kappa shape index (κ3) is 4.05. The molecule has 17 heavy (non-hydrogen) atoms. The summed E-state index contributed by atoms with van der Waals surface area (Å²) in [7, 11) is 0. The maximum Gasteiger partial charge on any atom is 0.109 e. The van der Waals surface area contributed by atoms with Gasteiger partial charge in [0.05, 0.1) is 11.7 Å². The lowest BCUT2D eigenvalue weighted by atomic mass is 10.1. The van der Waals surface area contributed by atoms with Crippen molar-refractivity contribution in [1.82, 2.24) is 10.3 Å². The van der Waals surface area contributed by atoms with E-state index in [9.17, 15) is 0 Å². The van der Waals surface area contributed by atoms with E-state index in [2.05, 4.69) is 15.7 Å². The molecule has 1 unspecified atom stereocenters. The zero-order valence-electron chi connectivity index (χ0n) is 10.6. The Morgan fingerprint density at radius 2 is 2.12 bits per heavy atom. The molecule has 1 heterocycles. The molecule has 3 nitrogen and oxygen atoms in total. The quantitative estimate of drug-likeness (QED) is 0.811. The van der Waals surface area contributed by atoms with Gasteiger partial charge in [0.1, 0.15) is 5.01 Å². The lowest BCUT2D eigenvalue weighted by Crippen LogP contribution is -2.28. The van der Waals surface area contributed by atoms with Crippen LogP contribution in [0.25, 0.3) is 0 Å². The van der Waals surface area contributed by atoms with Gasteiger partial charge in [-0.05, 0) is 19.8 Å². The zero-order valence-corrected chi connectivity index (χ0v) is 11.4. The number of nitrogens with one attached hydrogen (secondary N) is 1. The molecule has 1 saturated carbocycles. The number of aromatic nitrogens is 1. The van der Waals surface area contributed by atoms with Crippen LogP contribution in [0.15, 0.2) is 5.38 Å². The summed E-state index contributed by atoms with van der Waals surface area (Å²) in [6, 6.07) is 0.754. The molecule has 96 valence electrons. The van der Waals surface area contributed by atoms with Gasteiger partial charge in [0.25, 0.3) is 0 Å². The molecule has 1 aliphatic carbocycles. The van der Waals surface area contributed by atoms with E-state index in [1.807, 2.05) is 6.92 Å². The molecule has 1 aliphatic rings. The first-order valence-electron chi connectivity index (χ1n) is 6.69. The smallest absolute Gasteiger partial charge is 0.109 e. The lowest BCUT2D eigenvalue weighted by molar-refractivity contribution is 0.456. The zero-order chi connectivity index (χ0) is 12.1. The highest BCUT2D eigenvalue weighted by molar-refractivity contribution is 7.09. The summed E-state index contributed by atoms with van der Waals surface area (Å²) < 4.78 is 0. The van der Waals surface area contributed by atoms with Crippen LogP contribution >= 0.6 is 11.3 Å². The predicted molar refractivity (Wildman–Crippen MR) is 73.0 cm³/mol. The van der Waals surface area contributed by atoms with Gasteiger partial charge in [-0.1, -0.05) is 25.7 Å². The second kappa shape index (κ2) is 6.47. The molecule has 0 aliphatic heterocycles. The van der Waals surface area contributed by atoms with Gasteiger partial charge in [-0.2, -0.15) is 0 Å². The Morgan fingerprint density at radius 1 is 1.41 bits per heavy atom. The van der Waals surface area contributed by atoms with Gasteiger partial charge in [0.2, 0.25) is 0 Å². The fourth-order valence-corrected chi connectivity index (χ4v) is 3.12. The minimum Gasteiger partial charge on any atom is -0.322 e. The molecule has 1 fully saturated rings. The van der Waals surface area contributed by atoms with E-state index in [0.29, 0.717) is 6.04 Å². The van der Waals surface area contributed by atoms with E-state index in [1.54, 1.807) is 11.3 Å². The fraction of sp³-hybridized carbons (Fsp3) is 0.769. The minimum atomic E-state index is 0.0617. The molecule has 3 N–H and O–H groups in total. The van der Waals surface area contributed by atoms with Crippen LogP contribution < -0.4 is 11.1 Å². The Morgan fingerprint density at radius 3 is 2.71 bits per heavy atom. The highest BCUT2D eigenvalue weighted by Gasteiger charge is 2.12. The van der Waals surface area contributed by atoms with E-state index in [4.69, 9.17) is 5.73 Å². The van der Waals surface area contributed by atoms with E-state index in [1.165, 1.54) is 38.5 Å². The summed E-state index contributed by atoms with van der Waals surface area (Å²) in [4.78, 5) is 4.55. The Labute approximate surface area is 108 Å². The van der Waals surface area contributed by atoms with Crippen molar-refractivity contribution >= 4 is 11.3 Å². The van der Waals surface area contributed by atoms with Gasteiger partial charge in [-0.15, -0.1) is 11.3 Å². The molecule has 0 spiro atoms. The number of nitrogens with zero attached hydrogens (tertiary/aromatic N) is 1. The van der Waals surface area contributed by atoms with Crippen LogP contribution in [0.2, 0.25) is 0 Å². The molecule has 0 bridgehead atoms. The Bertz CT molecular complexity index is 327. The van der Waals surface area contributed by atoms with Crippen molar-refractivity contribution in [3.63, 3.8) is 0 Å². The summed E-state index contributed by atoms with van der Waals surface area (Å²) in [6.45, 7) is 2.88. The topological polar surface area (TPSA) is 50.9 Å². The predicted octanol–water partition coefficient (Wildman–Crippen LogP) is 2.98. The van der Waals surface area contributed by atoms with E-state index >= 15 is 0 Å². The van der Waals surface area contributed by atoms with Gasteiger partial charge >= 0.3 is 0 Å². The summed E-state index contributed by atoms with van der Waals surface area (Å²) in [5.41, 5.74) is 6.96. The Kier molecular flexibility index (Phi) is 4.95. The van der Waals surface area contributed by atoms with Crippen LogP contribution in [-0.4, -0.2) is 11.0 Å². The normalized spacial score (nSPS) is 20.1. The maximum atomic E-state index is 5.81. The summed E-state index contributed by atoms with van der Waals surface area (Å²) in [5.74, 6) is 0.